The number of carbonyl (C=O) groups is 2. The third-order valence-corrected chi connectivity index (χ3v) is 3.67. The number of piperidine rings is 1. The van der Waals surface area contributed by atoms with E-state index in [1.807, 2.05) is 24.3 Å². The highest BCUT2D eigenvalue weighted by molar-refractivity contribution is 5.89. The van der Waals surface area contributed by atoms with Crippen LogP contribution < -0.4 is 5.32 Å². The monoisotopic (exact) mass is 276 g/mol. The summed E-state index contributed by atoms with van der Waals surface area (Å²) in [5, 5.41) is 11.8. The number of likely N-dealkylation sites (tertiary alicyclic amines) is 1. The highest BCUT2D eigenvalue weighted by atomic mass is 16.4. The lowest BCUT2D eigenvalue weighted by Crippen LogP contribution is -2.44. The molecule has 1 aromatic carbocycles. The first-order chi connectivity index (χ1) is 9.60. The second-order valence-corrected chi connectivity index (χ2v) is 5.10. The maximum absolute atomic E-state index is 12.1. The van der Waals surface area contributed by atoms with Crippen LogP contribution in [0.5, 0.6) is 0 Å². The molecule has 2 rings (SSSR count). The van der Waals surface area contributed by atoms with Gasteiger partial charge >= 0.3 is 12.0 Å². The average molecular weight is 276 g/mol. The number of nitrogens with zero attached hydrogens (tertiary/aromatic N) is 1. The Kier molecular flexibility index (Phi) is 4.61. The summed E-state index contributed by atoms with van der Waals surface area (Å²) in [5.74, 6) is -1.27. The molecule has 0 bridgehead atoms. The Hall–Kier alpha value is -2.04. The fourth-order valence-corrected chi connectivity index (χ4v) is 2.39. The molecule has 1 aromatic rings. The molecule has 1 fully saturated rings. The van der Waals surface area contributed by atoms with Gasteiger partial charge in [-0.05, 0) is 37.0 Å². The number of hydrogen-bond acceptors (Lipinski definition) is 2. The van der Waals surface area contributed by atoms with Crippen molar-refractivity contribution in [3.05, 3.63) is 29.8 Å². The van der Waals surface area contributed by atoms with Crippen LogP contribution >= 0.6 is 0 Å². The maximum atomic E-state index is 12.1. The molecule has 1 aliphatic rings. The van der Waals surface area contributed by atoms with Gasteiger partial charge in [0, 0.05) is 18.8 Å². The Balaban J connectivity index is 1.95. The molecule has 2 amide bonds. The number of carboxylic acids is 1. The van der Waals surface area contributed by atoms with E-state index in [1.54, 1.807) is 4.90 Å². The van der Waals surface area contributed by atoms with E-state index in [4.69, 9.17) is 5.11 Å². The molecule has 0 aromatic heterocycles. The molecular formula is C15H20N2O3. The van der Waals surface area contributed by atoms with Gasteiger partial charge in [0.05, 0.1) is 5.92 Å². The number of amides is 2. The van der Waals surface area contributed by atoms with Gasteiger partial charge in [-0.3, -0.25) is 4.79 Å². The minimum atomic E-state index is -0.824. The molecule has 0 saturated carbocycles. The minimum absolute atomic E-state index is 0.222. The highest BCUT2D eigenvalue weighted by Gasteiger charge is 2.28. The van der Waals surface area contributed by atoms with Gasteiger partial charge in [-0.1, -0.05) is 19.1 Å². The molecular weight excluding hydrogens is 256 g/mol. The number of carbonyl (C=O) groups excluding carboxylic acids is 1. The van der Waals surface area contributed by atoms with Crippen molar-refractivity contribution < 1.29 is 14.7 Å². The van der Waals surface area contributed by atoms with E-state index in [2.05, 4.69) is 12.2 Å². The van der Waals surface area contributed by atoms with Crippen molar-refractivity contribution in [3.8, 4) is 0 Å². The summed E-state index contributed by atoms with van der Waals surface area (Å²) in [5.41, 5.74) is 1.96. The predicted molar refractivity (Wildman–Crippen MR) is 76.8 cm³/mol. The van der Waals surface area contributed by atoms with Gasteiger partial charge in [0.15, 0.2) is 0 Å². The number of aryl methyl sites for hydroxylation is 1. The van der Waals surface area contributed by atoms with Gasteiger partial charge in [0.1, 0.15) is 0 Å². The normalized spacial score (nSPS) is 18.6. The van der Waals surface area contributed by atoms with Crippen LogP contribution in [-0.4, -0.2) is 35.1 Å². The quantitative estimate of drug-likeness (QED) is 0.891. The van der Waals surface area contributed by atoms with Gasteiger partial charge in [-0.15, -0.1) is 0 Å². The van der Waals surface area contributed by atoms with Gasteiger partial charge in [-0.2, -0.15) is 0 Å². The molecule has 20 heavy (non-hydrogen) atoms. The maximum Gasteiger partial charge on any atom is 0.321 e. The molecule has 0 radical (unpaired) electrons. The Morgan fingerprint density at radius 1 is 1.35 bits per heavy atom. The second-order valence-electron chi connectivity index (χ2n) is 5.10. The number of anilines is 1. The smallest absolute Gasteiger partial charge is 0.321 e. The number of hydrogen-bond donors (Lipinski definition) is 2. The summed E-state index contributed by atoms with van der Waals surface area (Å²) in [6.07, 6.45) is 2.34. The minimum Gasteiger partial charge on any atom is -0.481 e. The Morgan fingerprint density at radius 3 is 2.65 bits per heavy atom. The third-order valence-electron chi connectivity index (χ3n) is 3.67. The Labute approximate surface area is 118 Å². The van der Waals surface area contributed by atoms with Crippen molar-refractivity contribution in [1.29, 1.82) is 0 Å². The molecule has 5 nitrogen and oxygen atoms in total. The van der Waals surface area contributed by atoms with E-state index in [-0.39, 0.29) is 12.6 Å². The summed E-state index contributed by atoms with van der Waals surface area (Å²) in [4.78, 5) is 24.7. The predicted octanol–water partition coefficient (Wildman–Crippen LogP) is 2.58. The van der Waals surface area contributed by atoms with Crippen LogP contribution in [0.25, 0.3) is 0 Å². The van der Waals surface area contributed by atoms with E-state index < -0.39 is 11.9 Å². The zero-order chi connectivity index (χ0) is 14.5. The number of urea groups is 1. The lowest BCUT2D eigenvalue weighted by atomic mass is 9.99. The summed E-state index contributed by atoms with van der Waals surface area (Å²) >= 11 is 0. The van der Waals surface area contributed by atoms with E-state index in [0.29, 0.717) is 13.0 Å². The zero-order valence-corrected chi connectivity index (χ0v) is 11.6. The van der Waals surface area contributed by atoms with E-state index in [1.165, 1.54) is 5.56 Å². The Bertz CT molecular complexity index is 484. The highest BCUT2D eigenvalue weighted by Crippen LogP contribution is 2.18. The number of aliphatic carboxylic acids is 1. The van der Waals surface area contributed by atoms with Crippen LogP contribution in [0.3, 0.4) is 0 Å². The van der Waals surface area contributed by atoms with Crippen LogP contribution in [0.15, 0.2) is 24.3 Å². The van der Waals surface area contributed by atoms with Crippen molar-refractivity contribution in [2.45, 2.75) is 26.2 Å². The lowest BCUT2D eigenvalue weighted by molar-refractivity contribution is -0.143. The van der Waals surface area contributed by atoms with E-state index in [9.17, 15) is 9.59 Å². The summed E-state index contributed by atoms with van der Waals surface area (Å²) in [6, 6.07) is 7.47. The van der Waals surface area contributed by atoms with Crippen molar-refractivity contribution >= 4 is 17.7 Å². The molecule has 108 valence electrons. The van der Waals surface area contributed by atoms with Gasteiger partial charge in [0.25, 0.3) is 0 Å². The largest absolute Gasteiger partial charge is 0.481 e. The average Bonchev–Trinajstić information content (AvgIpc) is 2.48. The summed E-state index contributed by atoms with van der Waals surface area (Å²) in [7, 11) is 0. The first kappa shape index (κ1) is 14.4. The number of benzene rings is 1. The summed E-state index contributed by atoms with van der Waals surface area (Å²) in [6.45, 7) is 2.98. The Morgan fingerprint density at radius 2 is 2.05 bits per heavy atom. The molecule has 1 heterocycles. The van der Waals surface area contributed by atoms with Crippen LogP contribution in [0, 0.1) is 5.92 Å². The molecule has 5 heteroatoms. The SMILES string of the molecule is CCc1ccc(NC(=O)N2CCCC(C(=O)O)C2)cc1. The molecule has 1 atom stereocenters. The topological polar surface area (TPSA) is 69.6 Å². The van der Waals surface area contributed by atoms with Gasteiger partial charge in [-0.25, -0.2) is 4.79 Å². The van der Waals surface area contributed by atoms with Crippen LogP contribution in [0.2, 0.25) is 0 Å². The van der Waals surface area contributed by atoms with Crippen molar-refractivity contribution in [2.75, 3.05) is 18.4 Å². The second kappa shape index (κ2) is 6.41. The van der Waals surface area contributed by atoms with Crippen molar-refractivity contribution in [1.82, 2.24) is 4.90 Å². The first-order valence-corrected chi connectivity index (χ1v) is 6.98. The van der Waals surface area contributed by atoms with Crippen molar-refractivity contribution in [2.24, 2.45) is 5.92 Å². The molecule has 2 N–H and O–H groups in total. The standard InChI is InChI=1S/C15H20N2O3/c1-2-11-5-7-13(8-6-11)16-15(20)17-9-3-4-12(10-17)14(18)19/h5-8,12H,2-4,9-10H2,1H3,(H,16,20)(H,18,19). The summed E-state index contributed by atoms with van der Waals surface area (Å²) < 4.78 is 0. The first-order valence-electron chi connectivity index (χ1n) is 6.98. The third kappa shape index (κ3) is 3.50. The van der Waals surface area contributed by atoms with E-state index in [0.717, 1.165) is 18.5 Å². The van der Waals surface area contributed by atoms with Gasteiger partial charge < -0.3 is 15.3 Å². The van der Waals surface area contributed by atoms with Crippen molar-refractivity contribution in [3.63, 3.8) is 0 Å². The lowest BCUT2D eigenvalue weighted by Gasteiger charge is -2.30. The van der Waals surface area contributed by atoms with Crippen LogP contribution in [-0.2, 0) is 11.2 Å². The fraction of sp³-hybridized carbons (Fsp3) is 0.467. The molecule has 1 saturated heterocycles. The zero-order valence-electron chi connectivity index (χ0n) is 11.6. The molecule has 0 aliphatic carbocycles. The molecule has 1 aliphatic heterocycles. The number of nitrogens with one attached hydrogen (secondary N) is 1. The molecule has 0 spiro atoms. The number of rotatable bonds is 3. The van der Waals surface area contributed by atoms with Crippen LogP contribution in [0.4, 0.5) is 10.5 Å². The van der Waals surface area contributed by atoms with Crippen LogP contribution in [0.1, 0.15) is 25.3 Å². The van der Waals surface area contributed by atoms with E-state index >= 15 is 0 Å². The molecule has 1 unspecified atom stereocenters. The number of carboxylic acid groups (broad SMARTS) is 1. The fourth-order valence-electron chi connectivity index (χ4n) is 2.39. The van der Waals surface area contributed by atoms with Gasteiger partial charge in [0.2, 0.25) is 0 Å².